The van der Waals surface area contributed by atoms with Gasteiger partial charge in [0.1, 0.15) is 5.75 Å². The van der Waals surface area contributed by atoms with Crippen molar-refractivity contribution in [2.45, 2.75) is 44.9 Å². The number of hydrogen-bond acceptors (Lipinski definition) is 5. The molecule has 2 aliphatic heterocycles. The van der Waals surface area contributed by atoms with Crippen molar-refractivity contribution in [2.24, 2.45) is 0 Å². The molecule has 0 radical (unpaired) electrons. The van der Waals surface area contributed by atoms with Crippen molar-refractivity contribution >= 4 is 35.0 Å². The summed E-state index contributed by atoms with van der Waals surface area (Å²) in [5.41, 5.74) is 4.70. The molecular formula is C38H37N3O5. The normalized spacial score (nSPS) is 14.0. The van der Waals surface area contributed by atoms with Crippen LogP contribution in [-0.2, 0) is 6.42 Å². The lowest BCUT2D eigenvalue weighted by Crippen LogP contribution is -2.31. The Morgan fingerprint density at radius 3 is 2.17 bits per heavy atom. The van der Waals surface area contributed by atoms with E-state index in [-0.39, 0.29) is 23.6 Å². The molecule has 8 nitrogen and oxygen atoms in total. The number of rotatable bonds is 11. The third-order valence-electron chi connectivity index (χ3n) is 8.54. The number of imide groups is 1. The SMILES string of the molecule is O=C(Nc1ccc(C(=O)N2CCCCc3ccccc32)cc1)c1ccccc1OCCCCCCN1C(=O)c2ccccc2C1=O. The van der Waals surface area contributed by atoms with Crippen molar-refractivity contribution in [3.05, 3.63) is 125 Å². The Morgan fingerprint density at radius 2 is 1.39 bits per heavy atom. The van der Waals surface area contributed by atoms with Gasteiger partial charge < -0.3 is 15.0 Å². The molecule has 0 aromatic heterocycles. The van der Waals surface area contributed by atoms with Crippen LogP contribution in [0.4, 0.5) is 11.4 Å². The van der Waals surface area contributed by atoms with Crippen molar-refractivity contribution < 1.29 is 23.9 Å². The smallest absolute Gasteiger partial charge is 0.261 e. The fraction of sp³-hybridized carbons (Fsp3) is 0.263. The van der Waals surface area contributed by atoms with Gasteiger partial charge in [-0.2, -0.15) is 0 Å². The van der Waals surface area contributed by atoms with Crippen LogP contribution in [-0.4, -0.2) is 48.2 Å². The molecule has 1 N–H and O–H groups in total. The molecule has 6 rings (SSSR count). The Labute approximate surface area is 269 Å². The van der Waals surface area contributed by atoms with Crippen molar-refractivity contribution in [3.8, 4) is 5.75 Å². The first-order chi connectivity index (χ1) is 22.5. The zero-order chi connectivity index (χ0) is 31.9. The van der Waals surface area contributed by atoms with Crippen molar-refractivity contribution in [1.82, 2.24) is 4.90 Å². The standard InChI is InChI=1S/C38H37N3O5/c42-35(39-29-22-20-28(21-23-29)36(43)40-24-11-9-14-27-13-3-7-18-33(27)40)32-17-6-8-19-34(32)46-26-12-2-1-10-25-41-37(44)30-15-4-5-16-31(30)38(41)45/h3-8,13,15-23H,1-2,9-12,14,24-26H2,(H,39,42). The van der Waals surface area contributed by atoms with Crippen molar-refractivity contribution in [3.63, 3.8) is 0 Å². The Kier molecular flexibility index (Phi) is 9.53. The summed E-state index contributed by atoms with van der Waals surface area (Å²) in [6.07, 6.45) is 6.19. The fourth-order valence-corrected chi connectivity index (χ4v) is 6.08. The van der Waals surface area contributed by atoms with E-state index in [1.807, 2.05) is 29.2 Å². The molecule has 0 atom stereocenters. The molecule has 46 heavy (non-hydrogen) atoms. The topological polar surface area (TPSA) is 96.0 Å². The first-order valence-corrected chi connectivity index (χ1v) is 16.0. The Balaban J connectivity index is 0.970. The Morgan fingerprint density at radius 1 is 0.717 bits per heavy atom. The number of carbonyl (C=O) groups is 4. The molecule has 4 aromatic rings. The zero-order valence-corrected chi connectivity index (χ0v) is 25.7. The van der Waals surface area contributed by atoms with E-state index in [1.54, 1.807) is 66.7 Å². The van der Waals surface area contributed by atoms with Gasteiger partial charge in [0, 0.05) is 30.0 Å². The summed E-state index contributed by atoms with van der Waals surface area (Å²) in [5.74, 6) is -0.284. The number of amides is 4. The number of fused-ring (bicyclic) bond motifs is 2. The summed E-state index contributed by atoms with van der Waals surface area (Å²) in [6, 6.07) is 29.1. The van der Waals surface area contributed by atoms with Gasteiger partial charge in [0.25, 0.3) is 23.6 Å². The molecule has 0 unspecified atom stereocenters. The molecule has 0 saturated carbocycles. The van der Waals surface area contributed by atoms with Crippen LogP contribution < -0.4 is 15.0 Å². The maximum absolute atomic E-state index is 13.4. The zero-order valence-electron chi connectivity index (χ0n) is 25.7. The molecule has 8 heteroatoms. The first kappa shape index (κ1) is 30.8. The minimum Gasteiger partial charge on any atom is -0.493 e. The second-order valence-electron chi connectivity index (χ2n) is 11.6. The molecule has 0 fully saturated rings. The second kappa shape index (κ2) is 14.2. The Bertz CT molecular complexity index is 1710. The average molecular weight is 616 g/mol. The number of nitrogens with one attached hydrogen (secondary N) is 1. The largest absolute Gasteiger partial charge is 0.493 e. The lowest BCUT2D eigenvalue weighted by molar-refractivity contribution is 0.0650. The van der Waals surface area contributed by atoms with E-state index in [9.17, 15) is 19.2 Å². The molecule has 0 aliphatic carbocycles. The average Bonchev–Trinajstić information content (AvgIpc) is 3.21. The number of anilines is 2. The molecule has 0 saturated heterocycles. The molecule has 234 valence electrons. The minimum atomic E-state index is -0.294. The number of aryl methyl sites for hydroxylation is 1. The maximum atomic E-state index is 13.4. The number of para-hydroxylation sites is 2. The number of benzene rings is 4. The highest BCUT2D eigenvalue weighted by atomic mass is 16.5. The highest BCUT2D eigenvalue weighted by Gasteiger charge is 2.34. The van der Waals surface area contributed by atoms with Gasteiger partial charge in [-0.05, 0) is 92.3 Å². The fourth-order valence-electron chi connectivity index (χ4n) is 6.08. The monoisotopic (exact) mass is 615 g/mol. The van der Waals surface area contributed by atoms with Crippen LogP contribution in [0.25, 0.3) is 0 Å². The summed E-state index contributed by atoms with van der Waals surface area (Å²) in [5, 5.41) is 2.93. The van der Waals surface area contributed by atoms with Crippen LogP contribution in [0.15, 0.2) is 97.1 Å². The van der Waals surface area contributed by atoms with E-state index in [0.717, 1.165) is 50.6 Å². The number of nitrogens with zero attached hydrogens (tertiary/aromatic N) is 2. The number of unbranched alkanes of at least 4 members (excludes halogenated alkanes) is 3. The molecule has 2 heterocycles. The molecule has 4 amide bonds. The van der Waals surface area contributed by atoms with Gasteiger partial charge >= 0.3 is 0 Å². The third-order valence-corrected chi connectivity index (χ3v) is 8.54. The van der Waals surface area contributed by atoms with E-state index < -0.39 is 0 Å². The molecule has 4 aromatic carbocycles. The highest BCUT2D eigenvalue weighted by Crippen LogP contribution is 2.28. The number of hydrogen-bond donors (Lipinski definition) is 1. The van der Waals surface area contributed by atoms with Crippen LogP contribution in [0.3, 0.4) is 0 Å². The van der Waals surface area contributed by atoms with Crippen LogP contribution in [0, 0.1) is 0 Å². The molecule has 2 aliphatic rings. The lowest BCUT2D eigenvalue weighted by atomic mass is 10.1. The van der Waals surface area contributed by atoms with Crippen LogP contribution in [0.2, 0.25) is 0 Å². The predicted octanol–water partition coefficient (Wildman–Crippen LogP) is 7.16. The maximum Gasteiger partial charge on any atom is 0.261 e. The van der Waals surface area contributed by atoms with Gasteiger partial charge in [0.15, 0.2) is 0 Å². The quantitative estimate of drug-likeness (QED) is 0.143. The van der Waals surface area contributed by atoms with Gasteiger partial charge in [-0.1, -0.05) is 55.3 Å². The van der Waals surface area contributed by atoms with E-state index in [1.165, 1.54) is 10.5 Å². The first-order valence-electron chi connectivity index (χ1n) is 16.0. The van der Waals surface area contributed by atoms with Gasteiger partial charge in [-0.3, -0.25) is 24.1 Å². The molecular weight excluding hydrogens is 578 g/mol. The van der Waals surface area contributed by atoms with E-state index in [4.69, 9.17) is 4.74 Å². The highest BCUT2D eigenvalue weighted by molar-refractivity contribution is 6.21. The van der Waals surface area contributed by atoms with Gasteiger partial charge in [-0.25, -0.2) is 0 Å². The summed E-state index contributed by atoms with van der Waals surface area (Å²) in [7, 11) is 0. The third kappa shape index (κ3) is 6.71. The van der Waals surface area contributed by atoms with E-state index >= 15 is 0 Å². The van der Waals surface area contributed by atoms with Crippen LogP contribution >= 0.6 is 0 Å². The van der Waals surface area contributed by atoms with Crippen molar-refractivity contribution in [1.29, 1.82) is 0 Å². The van der Waals surface area contributed by atoms with Crippen LogP contribution in [0.1, 0.15) is 85.5 Å². The number of carbonyl (C=O) groups excluding carboxylic acids is 4. The van der Waals surface area contributed by atoms with Gasteiger partial charge in [-0.15, -0.1) is 0 Å². The second-order valence-corrected chi connectivity index (χ2v) is 11.6. The summed E-state index contributed by atoms with van der Waals surface area (Å²) in [6.45, 7) is 1.52. The number of ether oxygens (including phenoxy) is 1. The van der Waals surface area contributed by atoms with Crippen LogP contribution in [0.5, 0.6) is 5.75 Å². The molecule has 0 spiro atoms. The van der Waals surface area contributed by atoms with Gasteiger partial charge in [0.2, 0.25) is 0 Å². The van der Waals surface area contributed by atoms with Gasteiger partial charge in [0.05, 0.1) is 23.3 Å². The summed E-state index contributed by atoms with van der Waals surface area (Å²) in [4.78, 5) is 54.8. The minimum absolute atomic E-state index is 0.0467. The van der Waals surface area contributed by atoms with E-state index in [0.29, 0.717) is 53.4 Å². The summed E-state index contributed by atoms with van der Waals surface area (Å²) < 4.78 is 5.98. The predicted molar refractivity (Wildman–Crippen MR) is 178 cm³/mol. The van der Waals surface area contributed by atoms with E-state index in [2.05, 4.69) is 11.4 Å². The molecule has 0 bridgehead atoms. The lowest BCUT2D eigenvalue weighted by Gasteiger charge is -2.23. The van der Waals surface area contributed by atoms with Crippen molar-refractivity contribution in [2.75, 3.05) is 29.9 Å². The Hall–Kier alpha value is -5.24. The summed E-state index contributed by atoms with van der Waals surface area (Å²) >= 11 is 0.